The van der Waals surface area contributed by atoms with Gasteiger partial charge in [0, 0.05) is 17.1 Å². The van der Waals surface area contributed by atoms with E-state index in [0.29, 0.717) is 10.6 Å². The van der Waals surface area contributed by atoms with Crippen LogP contribution in [0.15, 0.2) is 28.7 Å². The minimum atomic E-state index is 0.0417. The van der Waals surface area contributed by atoms with Crippen molar-refractivity contribution in [1.29, 1.82) is 0 Å². The van der Waals surface area contributed by atoms with Crippen LogP contribution in [0.1, 0.15) is 28.7 Å². The number of benzene rings is 1. The lowest BCUT2D eigenvalue weighted by Gasteiger charge is -2.03. The minimum absolute atomic E-state index is 0.0417. The number of Topliss-reactive ketones (excluding diaryl/α,β-unsaturated/α-hetero) is 1. The van der Waals surface area contributed by atoms with E-state index in [4.69, 9.17) is 11.6 Å². The van der Waals surface area contributed by atoms with E-state index in [0.717, 1.165) is 22.3 Å². The molecule has 1 heterocycles. The van der Waals surface area contributed by atoms with Crippen LogP contribution in [0.5, 0.6) is 0 Å². The van der Waals surface area contributed by atoms with E-state index in [1.807, 2.05) is 26.1 Å². The quantitative estimate of drug-likeness (QED) is 0.792. The Morgan fingerprint density at radius 3 is 2.53 bits per heavy atom. The first kappa shape index (κ1) is 14.3. The second kappa shape index (κ2) is 5.88. The summed E-state index contributed by atoms with van der Waals surface area (Å²) in [6.45, 7) is 1.99. The lowest BCUT2D eigenvalue weighted by atomic mass is 10.1. The molecule has 0 fully saturated rings. The van der Waals surface area contributed by atoms with Gasteiger partial charge in [-0.15, -0.1) is 0 Å². The van der Waals surface area contributed by atoms with Gasteiger partial charge in [0.25, 0.3) is 0 Å². The summed E-state index contributed by atoms with van der Waals surface area (Å²) < 4.78 is 2.65. The molecule has 0 unspecified atom stereocenters. The van der Waals surface area contributed by atoms with Gasteiger partial charge in [-0.1, -0.05) is 46.6 Å². The second-order valence-corrected chi connectivity index (χ2v) is 5.59. The molecular formula is C14H14BrClN2O. The van der Waals surface area contributed by atoms with Crippen molar-refractivity contribution in [2.24, 2.45) is 7.05 Å². The Morgan fingerprint density at radius 2 is 2.00 bits per heavy atom. The largest absolute Gasteiger partial charge is 0.294 e. The molecule has 2 aromatic rings. The zero-order valence-electron chi connectivity index (χ0n) is 10.8. The van der Waals surface area contributed by atoms with E-state index < -0.39 is 0 Å². The standard InChI is InChI=1S/C14H14BrClN2O/c1-3-11-14(16)12(18(2)17-11)8-13(19)9-4-6-10(15)7-5-9/h4-7H,3,8H2,1-2H3. The van der Waals surface area contributed by atoms with E-state index in [1.165, 1.54) is 0 Å². The molecule has 0 saturated carbocycles. The van der Waals surface area contributed by atoms with Crippen molar-refractivity contribution >= 4 is 33.3 Å². The highest BCUT2D eigenvalue weighted by Crippen LogP contribution is 2.22. The number of ketones is 1. The monoisotopic (exact) mass is 340 g/mol. The third kappa shape index (κ3) is 3.07. The van der Waals surface area contributed by atoms with Crippen molar-refractivity contribution in [3.63, 3.8) is 0 Å². The van der Waals surface area contributed by atoms with Crippen LogP contribution in [0.2, 0.25) is 5.02 Å². The average Bonchev–Trinajstić information content (AvgIpc) is 2.67. The zero-order valence-corrected chi connectivity index (χ0v) is 13.1. The number of carbonyl (C=O) groups excluding carboxylic acids is 1. The predicted octanol–water partition coefficient (Wildman–Crippen LogP) is 3.82. The predicted molar refractivity (Wildman–Crippen MR) is 79.8 cm³/mol. The number of halogens is 2. The maximum Gasteiger partial charge on any atom is 0.168 e. The van der Waals surface area contributed by atoms with Gasteiger partial charge in [-0.25, -0.2) is 0 Å². The molecule has 0 saturated heterocycles. The van der Waals surface area contributed by atoms with Crippen LogP contribution in [-0.2, 0) is 19.9 Å². The summed E-state index contributed by atoms with van der Waals surface area (Å²) in [5.74, 6) is 0.0417. The van der Waals surface area contributed by atoms with Crippen LogP contribution in [-0.4, -0.2) is 15.6 Å². The van der Waals surface area contributed by atoms with Gasteiger partial charge in [0.05, 0.1) is 22.8 Å². The second-order valence-electron chi connectivity index (χ2n) is 4.29. The van der Waals surface area contributed by atoms with E-state index >= 15 is 0 Å². The van der Waals surface area contributed by atoms with Gasteiger partial charge in [-0.05, 0) is 18.6 Å². The van der Waals surface area contributed by atoms with Crippen molar-refractivity contribution in [1.82, 2.24) is 9.78 Å². The number of aryl methyl sites for hydroxylation is 2. The Bertz CT molecular complexity index is 605. The van der Waals surface area contributed by atoms with Gasteiger partial charge < -0.3 is 0 Å². The summed E-state index contributed by atoms with van der Waals surface area (Å²) in [6.07, 6.45) is 1.03. The summed E-state index contributed by atoms with van der Waals surface area (Å²) >= 11 is 9.59. The number of nitrogens with zero attached hydrogens (tertiary/aromatic N) is 2. The summed E-state index contributed by atoms with van der Waals surface area (Å²) in [7, 11) is 1.81. The van der Waals surface area contributed by atoms with Crippen molar-refractivity contribution in [3.8, 4) is 0 Å². The lowest BCUT2D eigenvalue weighted by Crippen LogP contribution is -2.08. The smallest absolute Gasteiger partial charge is 0.168 e. The molecule has 0 spiro atoms. The van der Waals surface area contributed by atoms with Crippen molar-refractivity contribution in [2.75, 3.05) is 0 Å². The van der Waals surface area contributed by atoms with E-state index in [2.05, 4.69) is 21.0 Å². The van der Waals surface area contributed by atoms with Crippen molar-refractivity contribution in [2.45, 2.75) is 19.8 Å². The van der Waals surface area contributed by atoms with Gasteiger partial charge >= 0.3 is 0 Å². The van der Waals surface area contributed by atoms with E-state index in [9.17, 15) is 4.79 Å². The Labute approximate surface area is 125 Å². The normalized spacial score (nSPS) is 10.7. The molecule has 0 amide bonds. The molecule has 19 heavy (non-hydrogen) atoms. The number of rotatable bonds is 4. The first-order chi connectivity index (χ1) is 9.02. The minimum Gasteiger partial charge on any atom is -0.294 e. The molecule has 0 atom stereocenters. The molecule has 0 aliphatic carbocycles. The molecule has 100 valence electrons. The SMILES string of the molecule is CCc1nn(C)c(CC(=O)c2ccc(Br)cc2)c1Cl. The first-order valence-electron chi connectivity index (χ1n) is 6.02. The summed E-state index contributed by atoms with van der Waals surface area (Å²) in [4.78, 5) is 12.2. The maximum atomic E-state index is 12.2. The molecule has 3 nitrogen and oxygen atoms in total. The van der Waals surface area contributed by atoms with Gasteiger partial charge in [0.15, 0.2) is 5.78 Å². The highest BCUT2D eigenvalue weighted by molar-refractivity contribution is 9.10. The Balaban J connectivity index is 2.24. The van der Waals surface area contributed by atoms with Gasteiger partial charge in [0.2, 0.25) is 0 Å². The number of aromatic nitrogens is 2. The van der Waals surface area contributed by atoms with Crippen LogP contribution < -0.4 is 0 Å². The molecule has 1 aromatic carbocycles. The van der Waals surface area contributed by atoms with Crippen LogP contribution >= 0.6 is 27.5 Å². The van der Waals surface area contributed by atoms with E-state index in [-0.39, 0.29) is 12.2 Å². The van der Waals surface area contributed by atoms with Crippen LogP contribution in [0, 0.1) is 0 Å². The average molecular weight is 342 g/mol. The fourth-order valence-electron chi connectivity index (χ4n) is 1.90. The lowest BCUT2D eigenvalue weighted by molar-refractivity contribution is 0.0990. The third-order valence-corrected chi connectivity index (χ3v) is 3.96. The maximum absolute atomic E-state index is 12.2. The Morgan fingerprint density at radius 1 is 1.37 bits per heavy atom. The summed E-state index contributed by atoms with van der Waals surface area (Å²) in [5, 5.41) is 4.92. The highest BCUT2D eigenvalue weighted by Gasteiger charge is 2.17. The number of hydrogen-bond donors (Lipinski definition) is 0. The van der Waals surface area contributed by atoms with Gasteiger partial charge in [-0.2, -0.15) is 5.10 Å². The zero-order chi connectivity index (χ0) is 14.0. The fourth-order valence-corrected chi connectivity index (χ4v) is 2.53. The van der Waals surface area contributed by atoms with Crippen molar-refractivity contribution in [3.05, 3.63) is 50.7 Å². The van der Waals surface area contributed by atoms with Crippen LogP contribution in [0.3, 0.4) is 0 Å². The molecule has 0 N–H and O–H groups in total. The fraction of sp³-hybridized carbons (Fsp3) is 0.286. The number of carbonyl (C=O) groups is 1. The van der Waals surface area contributed by atoms with Gasteiger partial charge in [0.1, 0.15) is 0 Å². The molecule has 1 aromatic heterocycles. The summed E-state index contributed by atoms with van der Waals surface area (Å²) in [5.41, 5.74) is 2.28. The van der Waals surface area contributed by atoms with Crippen LogP contribution in [0.4, 0.5) is 0 Å². The number of hydrogen-bond acceptors (Lipinski definition) is 2. The molecule has 2 rings (SSSR count). The molecule has 0 aliphatic heterocycles. The Hall–Kier alpha value is -1.13. The van der Waals surface area contributed by atoms with E-state index in [1.54, 1.807) is 16.8 Å². The highest BCUT2D eigenvalue weighted by atomic mass is 79.9. The summed E-state index contributed by atoms with van der Waals surface area (Å²) in [6, 6.07) is 7.32. The first-order valence-corrected chi connectivity index (χ1v) is 7.19. The molecule has 0 aliphatic rings. The Kier molecular flexibility index (Phi) is 4.42. The molecular weight excluding hydrogens is 328 g/mol. The third-order valence-electron chi connectivity index (χ3n) is 3.00. The van der Waals surface area contributed by atoms with Crippen molar-refractivity contribution < 1.29 is 4.79 Å². The van der Waals surface area contributed by atoms with Gasteiger partial charge in [-0.3, -0.25) is 9.48 Å². The van der Waals surface area contributed by atoms with Crippen LogP contribution in [0.25, 0.3) is 0 Å². The molecule has 5 heteroatoms. The topological polar surface area (TPSA) is 34.9 Å². The molecule has 0 bridgehead atoms. The molecule has 0 radical (unpaired) electrons.